The topological polar surface area (TPSA) is 107 Å². The van der Waals surface area contributed by atoms with Crippen molar-refractivity contribution >= 4 is 21.6 Å². The smallest absolute Gasteiger partial charge is 0.223 e. The van der Waals surface area contributed by atoms with Crippen molar-refractivity contribution in [2.75, 3.05) is 6.26 Å². The van der Waals surface area contributed by atoms with Crippen LogP contribution < -0.4 is 0 Å². The van der Waals surface area contributed by atoms with Gasteiger partial charge >= 0.3 is 0 Å². The van der Waals surface area contributed by atoms with Crippen molar-refractivity contribution in [3.05, 3.63) is 52.1 Å². The molecule has 0 unspecified atom stereocenters. The van der Waals surface area contributed by atoms with Crippen molar-refractivity contribution in [2.24, 2.45) is 0 Å². The summed E-state index contributed by atoms with van der Waals surface area (Å²) in [7, 11) is -3.41. The van der Waals surface area contributed by atoms with E-state index in [0.29, 0.717) is 16.7 Å². The van der Waals surface area contributed by atoms with Crippen molar-refractivity contribution < 1.29 is 12.9 Å². The van der Waals surface area contributed by atoms with Crippen LogP contribution in [0.15, 0.2) is 22.7 Å². The van der Waals surface area contributed by atoms with Crippen LogP contribution in [0, 0.1) is 6.92 Å². The third-order valence-corrected chi connectivity index (χ3v) is 7.60. The van der Waals surface area contributed by atoms with Gasteiger partial charge in [0, 0.05) is 30.3 Å². The van der Waals surface area contributed by atoms with Crippen molar-refractivity contribution in [3.8, 4) is 5.69 Å². The highest BCUT2D eigenvalue weighted by Crippen LogP contribution is 2.40. The molecule has 0 saturated heterocycles. The molecule has 31 heavy (non-hydrogen) atoms. The SMILES string of the molecule is Cc1nc([C@H]2CC[C@H](c3nnc4n3-c3ccc(Cl)cc3CN(S(C)(=O)=O)C4)CC2)no1. The summed E-state index contributed by atoms with van der Waals surface area (Å²) in [5, 5.41) is 13.6. The maximum Gasteiger partial charge on any atom is 0.223 e. The molecule has 3 aromatic rings. The fourth-order valence-electron chi connectivity index (χ4n) is 4.59. The van der Waals surface area contributed by atoms with Crippen LogP contribution in [-0.4, -0.2) is 43.9 Å². The third kappa shape index (κ3) is 3.88. The monoisotopic (exact) mass is 462 g/mol. The standard InChI is InChI=1S/C20H23ClN6O3S/c1-12-22-19(25-30-12)13-3-5-14(6-4-13)20-24-23-18-11-26(31(2,28)29)10-15-9-16(21)7-8-17(15)27(18)20/h7-9,13-14H,3-6,10-11H2,1-2H3/t13-,14-. The zero-order valence-corrected chi connectivity index (χ0v) is 18.9. The van der Waals surface area contributed by atoms with Crippen LogP contribution in [0.5, 0.6) is 0 Å². The summed E-state index contributed by atoms with van der Waals surface area (Å²) in [5.74, 6) is 3.37. The summed E-state index contributed by atoms with van der Waals surface area (Å²) in [6.07, 6.45) is 4.94. The van der Waals surface area contributed by atoms with E-state index in [1.807, 2.05) is 22.8 Å². The molecule has 11 heteroatoms. The van der Waals surface area contributed by atoms with Gasteiger partial charge in [0.1, 0.15) is 5.82 Å². The van der Waals surface area contributed by atoms with E-state index in [0.717, 1.165) is 48.6 Å². The number of nitrogens with zero attached hydrogens (tertiary/aromatic N) is 6. The van der Waals surface area contributed by atoms with Crippen LogP contribution in [0.3, 0.4) is 0 Å². The Morgan fingerprint density at radius 2 is 1.84 bits per heavy atom. The third-order valence-electron chi connectivity index (χ3n) is 6.17. The van der Waals surface area contributed by atoms with E-state index in [1.165, 1.54) is 10.6 Å². The maximum absolute atomic E-state index is 12.3. The van der Waals surface area contributed by atoms with Crippen LogP contribution in [0.25, 0.3) is 5.69 Å². The molecule has 2 aromatic heterocycles. The average molecular weight is 463 g/mol. The number of aromatic nitrogens is 5. The van der Waals surface area contributed by atoms with Gasteiger partial charge in [0.2, 0.25) is 15.9 Å². The number of halogens is 1. The summed E-state index contributed by atoms with van der Waals surface area (Å²) >= 11 is 6.23. The molecule has 3 heterocycles. The van der Waals surface area contributed by atoms with E-state index in [-0.39, 0.29) is 24.9 Å². The zero-order chi connectivity index (χ0) is 21.8. The molecule has 0 radical (unpaired) electrons. The molecular weight excluding hydrogens is 440 g/mol. The summed E-state index contributed by atoms with van der Waals surface area (Å²) in [5.41, 5.74) is 1.73. The number of hydrogen-bond donors (Lipinski definition) is 0. The second-order valence-electron chi connectivity index (χ2n) is 8.33. The van der Waals surface area contributed by atoms with E-state index in [9.17, 15) is 8.42 Å². The first kappa shape index (κ1) is 20.6. The molecular formula is C20H23ClN6O3S. The number of hydrogen-bond acceptors (Lipinski definition) is 7. The van der Waals surface area contributed by atoms with Gasteiger partial charge < -0.3 is 4.52 Å². The summed E-state index contributed by atoms with van der Waals surface area (Å²) < 4.78 is 33.3. The minimum atomic E-state index is -3.41. The highest BCUT2D eigenvalue weighted by atomic mass is 35.5. The summed E-state index contributed by atoms with van der Waals surface area (Å²) in [4.78, 5) is 4.39. The fraction of sp³-hybridized carbons (Fsp3) is 0.500. The largest absolute Gasteiger partial charge is 0.340 e. The molecule has 5 rings (SSSR count). The van der Waals surface area contributed by atoms with E-state index in [4.69, 9.17) is 16.1 Å². The lowest BCUT2D eigenvalue weighted by atomic mass is 9.81. The van der Waals surface area contributed by atoms with Gasteiger partial charge in [-0.2, -0.15) is 9.29 Å². The Kier molecular flexibility index (Phi) is 5.10. The Balaban J connectivity index is 1.49. The molecule has 164 valence electrons. The lowest BCUT2D eigenvalue weighted by Crippen LogP contribution is -2.28. The molecule has 1 aliphatic carbocycles. The predicted octanol–water partition coefficient (Wildman–Crippen LogP) is 3.33. The molecule has 9 nitrogen and oxygen atoms in total. The maximum atomic E-state index is 12.3. The van der Waals surface area contributed by atoms with Crippen LogP contribution in [0.2, 0.25) is 5.02 Å². The quantitative estimate of drug-likeness (QED) is 0.587. The molecule has 0 spiro atoms. The molecule has 2 aliphatic rings. The Morgan fingerprint density at radius 3 is 2.52 bits per heavy atom. The summed E-state index contributed by atoms with van der Waals surface area (Å²) in [6, 6.07) is 5.57. The normalized spacial score (nSPS) is 22.0. The fourth-order valence-corrected chi connectivity index (χ4v) is 5.51. The minimum absolute atomic E-state index is 0.176. The van der Waals surface area contributed by atoms with Gasteiger partial charge in [-0.3, -0.25) is 4.57 Å². The van der Waals surface area contributed by atoms with Gasteiger partial charge in [0.05, 0.1) is 18.5 Å². The van der Waals surface area contributed by atoms with Crippen molar-refractivity contribution in [2.45, 2.75) is 57.5 Å². The van der Waals surface area contributed by atoms with Gasteiger partial charge in [0.15, 0.2) is 11.6 Å². The van der Waals surface area contributed by atoms with E-state index < -0.39 is 10.0 Å². The molecule has 0 N–H and O–H groups in total. The average Bonchev–Trinajstić information content (AvgIpc) is 3.30. The number of sulfonamides is 1. The lowest BCUT2D eigenvalue weighted by Gasteiger charge is -2.26. The Labute approximate surface area is 185 Å². The molecule has 1 aromatic carbocycles. The molecule has 1 fully saturated rings. The van der Waals surface area contributed by atoms with E-state index in [1.54, 1.807) is 6.92 Å². The highest BCUT2D eigenvalue weighted by Gasteiger charge is 2.33. The number of fused-ring (bicyclic) bond motifs is 3. The zero-order valence-electron chi connectivity index (χ0n) is 17.3. The Morgan fingerprint density at radius 1 is 1.10 bits per heavy atom. The first-order chi connectivity index (χ1) is 14.8. The molecule has 0 amide bonds. The highest BCUT2D eigenvalue weighted by molar-refractivity contribution is 7.88. The predicted molar refractivity (Wildman–Crippen MR) is 113 cm³/mol. The Bertz CT molecular complexity index is 1230. The lowest BCUT2D eigenvalue weighted by molar-refractivity contribution is 0.347. The minimum Gasteiger partial charge on any atom is -0.340 e. The number of benzene rings is 1. The van der Waals surface area contributed by atoms with Crippen molar-refractivity contribution in [3.63, 3.8) is 0 Å². The van der Waals surface area contributed by atoms with Gasteiger partial charge in [-0.05, 0) is 49.4 Å². The van der Waals surface area contributed by atoms with Gasteiger partial charge in [-0.1, -0.05) is 16.8 Å². The molecule has 0 bridgehead atoms. The summed E-state index contributed by atoms with van der Waals surface area (Å²) in [6.45, 7) is 2.23. The number of aryl methyl sites for hydroxylation is 1. The number of rotatable bonds is 3. The van der Waals surface area contributed by atoms with Crippen molar-refractivity contribution in [1.29, 1.82) is 0 Å². The molecule has 1 saturated carbocycles. The van der Waals surface area contributed by atoms with E-state index in [2.05, 4.69) is 20.3 Å². The van der Waals surface area contributed by atoms with Crippen LogP contribution in [-0.2, 0) is 23.1 Å². The van der Waals surface area contributed by atoms with Crippen LogP contribution in [0.4, 0.5) is 0 Å². The van der Waals surface area contributed by atoms with Gasteiger partial charge in [-0.25, -0.2) is 8.42 Å². The van der Waals surface area contributed by atoms with Crippen LogP contribution >= 0.6 is 11.6 Å². The second kappa shape index (κ2) is 7.68. The van der Waals surface area contributed by atoms with Crippen molar-refractivity contribution in [1.82, 2.24) is 29.2 Å². The van der Waals surface area contributed by atoms with Gasteiger partial charge in [-0.15, -0.1) is 10.2 Å². The first-order valence-corrected chi connectivity index (χ1v) is 12.5. The Hall–Kier alpha value is -2.30. The van der Waals surface area contributed by atoms with Crippen LogP contribution in [0.1, 0.15) is 66.4 Å². The molecule has 1 aliphatic heterocycles. The molecule has 0 atom stereocenters. The van der Waals surface area contributed by atoms with Gasteiger partial charge in [0.25, 0.3) is 0 Å². The first-order valence-electron chi connectivity index (χ1n) is 10.3. The van der Waals surface area contributed by atoms with E-state index >= 15 is 0 Å². The second-order valence-corrected chi connectivity index (χ2v) is 10.8.